The topological polar surface area (TPSA) is 109 Å². The van der Waals surface area contributed by atoms with Crippen molar-refractivity contribution in [3.8, 4) is 0 Å². The van der Waals surface area contributed by atoms with Crippen LogP contribution in [0.4, 0.5) is 5.69 Å². The average molecular weight is 296 g/mol. The first-order valence-corrected chi connectivity index (χ1v) is 6.42. The largest absolute Gasteiger partial charge is 0.465 e. The van der Waals surface area contributed by atoms with Crippen LogP contribution in [0.25, 0.3) is 0 Å². The molecular formula is C13H16N2O6. The zero-order valence-corrected chi connectivity index (χ0v) is 11.8. The second-order valence-electron chi connectivity index (χ2n) is 4.05. The first-order chi connectivity index (χ1) is 10.0. The molecule has 0 fully saturated rings. The Balaban J connectivity index is 2.72. The predicted octanol–water partition coefficient (Wildman–Crippen LogP) is 1.62. The predicted molar refractivity (Wildman–Crippen MR) is 71.1 cm³/mol. The lowest BCUT2D eigenvalue weighted by atomic mass is 10.1. The van der Waals surface area contributed by atoms with E-state index in [0.717, 1.165) is 0 Å². The van der Waals surface area contributed by atoms with Gasteiger partial charge in [-0.15, -0.1) is 0 Å². The zero-order valence-electron chi connectivity index (χ0n) is 11.8. The number of ether oxygens (including phenoxy) is 2. The van der Waals surface area contributed by atoms with E-state index < -0.39 is 22.8 Å². The SMILES string of the molecule is CCOC(=O)C(CC)C(=O)OCc1ncccc1[N+](=O)[O-]. The number of rotatable bonds is 7. The summed E-state index contributed by atoms with van der Waals surface area (Å²) in [6, 6.07) is 2.68. The normalized spacial score (nSPS) is 11.5. The molecule has 1 aromatic rings. The molecule has 21 heavy (non-hydrogen) atoms. The summed E-state index contributed by atoms with van der Waals surface area (Å²) in [7, 11) is 0. The van der Waals surface area contributed by atoms with Gasteiger partial charge in [0.2, 0.25) is 0 Å². The van der Waals surface area contributed by atoms with Crippen molar-refractivity contribution < 1.29 is 24.0 Å². The number of hydrogen-bond donors (Lipinski definition) is 0. The maximum absolute atomic E-state index is 11.8. The first kappa shape index (κ1) is 16.5. The summed E-state index contributed by atoms with van der Waals surface area (Å²) in [4.78, 5) is 37.4. The number of carbonyl (C=O) groups is 2. The quantitative estimate of drug-likeness (QED) is 0.325. The van der Waals surface area contributed by atoms with Gasteiger partial charge in [0.05, 0.1) is 11.5 Å². The monoisotopic (exact) mass is 296 g/mol. The number of nitrogens with zero attached hydrogens (tertiary/aromatic N) is 2. The summed E-state index contributed by atoms with van der Waals surface area (Å²) in [6.07, 6.45) is 1.58. The fourth-order valence-electron chi connectivity index (χ4n) is 1.62. The van der Waals surface area contributed by atoms with Crippen molar-refractivity contribution in [3.05, 3.63) is 34.1 Å². The van der Waals surface area contributed by atoms with Gasteiger partial charge in [0.15, 0.2) is 11.6 Å². The van der Waals surface area contributed by atoms with Gasteiger partial charge in [0, 0.05) is 12.3 Å². The van der Waals surface area contributed by atoms with E-state index in [9.17, 15) is 19.7 Å². The van der Waals surface area contributed by atoms with Crippen LogP contribution in [-0.2, 0) is 25.7 Å². The summed E-state index contributed by atoms with van der Waals surface area (Å²) < 4.78 is 9.70. The molecule has 1 heterocycles. The Hall–Kier alpha value is -2.51. The fraction of sp³-hybridized carbons (Fsp3) is 0.462. The Morgan fingerprint density at radius 3 is 2.57 bits per heavy atom. The Labute approximate surface area is 121 Å². The molecule has 8 nitrogen and oxygen atoms in total. The minimum Gasteiger partial charge on any atom is -0.465 e. The van der Waals surface area contributed by atoms with Crippen molar-refractivity contribution >= 4 is 17.6 Å². The van der Waals surface area contributed by atoms with E-state index in [0.29, 0.717) is 0 Å². The summed E-state index contributed by atoms with van der Waals surface area (Å²) in [5, 5.41) is 10.8. The maximum Gasteiger partial charge on any atom is 0.320 e. The molecule has 1 unspecified atom stereocenters. The van der Waals surface area contributed by atoms with E-state index in [1.54, 1.807) is 13.8 Å². The highest BCUT2D eigenvalue weighted by Gasteiger charge is 2.28. The molecule has 0 spiro atoms. The van der Waals surface area contributed by atoms with Gasteiger partial charge in [-0.25, -0.2) is 0 Å². The molecule has 0 aromatic carbocycles. The number of nitro groups is 1. The molecule has 0 radical (unpaired) electrons. The van der Waals surface area contributed by atoms with E-state index in [1.165, 1.54) is 18.3 Å². The third-order valence-corrected chi connectivity index (χ3v) is 2.68. The number of aromatic nitrogens is 1. The van der Waals surface area contributed by atoms with Crippen molar-refractivity contribution in [2.45, 2.75) is 26.9 Å². The molecule has 0 amide bonds. The first-order valence-electron chi connectivity index (χ1n) is 6.42. The molecular weight excluding hydrogens is 280 g/mol. The second-order valence-corrected chi connectivity index (χ2v) is 4.05. The number of pyridine rings is 1. The third-order valence-electron chi connectivity index (χ3n) is 2.68. The minimum absolute atomic E-state index is 0.0227. The van der Waals surface area contributed by atoms with E-state index in [1.807, 2.05) is 0 Å². The van der Waals surface area contributed by atoms with Crippen molar-refractivity contribution in [2.24, 2.45) is 5.92 Å². The average Bonchev–Trinajstić information content (AvgIpc) is 2.46. The lowest BCUT2D eigenvalue weighted by Crippen LogP contribution is -2.27. The lowest BCUT2D eigenvalue weighted by molar-refractivity contribution is -0.386. The van der Waals surface area contributed by atoms with Crippen molar-refractivity contribution in [1.82, 2.24) is 4.98 Å². The molecule has 0 aliphatic rings. The lowest BCUT2D eigenvalue weighted by Gasteiger charge is -2.12. The summed E-state index contributed by atoms with van der Waals surface area (Å²) in [5.74, 6) is -2.48. The molecule has 0 aliphatic carbocycles. The van der Waals surface area contributed by atoms with Crippen LogP contribution in [0.2, 0.25) is 0 Å². The van der Waals surface area contributed by atoms with Gasteiger partial charge in [-0.2, -0.15) is 0 Å². The fourth-order valence-corrected chi connectivity index (χ4v) is 1.62. The van der Waals surface area contributed by atoms with Crippen molar-refractivity contribution in [2.75, 3.05) is 6.61 Å². The number of hydrogen-bond acceptors (Lipinski definition) is 7. The van der Waals surface area contributed by atoms with Gasteiger partial charge < -0.3 is 9.47 Å². The molecule has 0 saturated heterocycles. The van der Waals surface area contributed by atoms with Gasteiger partial charge in [-0.3, -0.25) is 24.7 Å². The van der Waals surface area contributed by atoms with E-state index in [-0.39, 0.29) is 31.0 Å². The van der Waals surface area contributed by atoms with Crippen LogP contribution in [0.1, 0.15) is 26.0 Å². The van der Waals surface area contributed by atoms with Gasteiger partial charge >= 0.3 is 11.9 Å². The van der Waals surface area contributed by atoms with Crippen molar-refractivity contribution in [3.63, 3.8) is 0 Å². The van der Waals surface area contributed by atoms with Gasteiger partial charge in [-0.05, 0) is 19.4 Å². The standard InChI is InChI=1S/C13H16N2O6/c1-3-9(12(16)20-4-2)13(17)21-8-10-11(15(18)19)6-5-7-14-10/h5-7,9H,3-4,8H2,1-2H3. The molecule has 8 heteroatoms. The van der Waals surface area contributed by atoms with Crippen LogP contribution in [-0.4, -0.2) is 28.5 Å². The van der Waals surface area contributed by atoms with E-state index >= 15 is 0 Å². The smallest absolute Gasteiger partial charge is 0.320 e. The van der Waals surface area contributed by atoms with Gasteiger partial charge in [-0.1, -0.05) is 6.92 Å². The van der Waals surface area contributed by atoms with E-state index in [4.69, 9.17) is 9.47 Å². The van der Waals surface area contributed by atoms with Gasteiger partial charge in [0.1, 0.15) is 6.61 Å². The third kappa shape index (κ3) is 4.51. The Kier molecular flexibility index (Phi) is 6.25. The Morgan fingerprint density at radius 2 is 2.00 bits per heavy atom. The highest BCUT2D eigenvalue weighted by molar-refractivity contribution is 5.94. The second kappa shape index (κ2) is 7.93. The molecule has 0 saturated carbocycles. The highest BCUT2D eigenvalue weighted by Crippen LogP contribution is 2.17. The minimum atomic E-state index is -1.03. The maximum atomic E-state index is 11.8. The van der Waals surface area contributed by atoms with Crippen LogP contribution in [0, 0.1) is 16.0 Å². The number of esters is 2. The molecule has 1 rings (SSSR count). The molecule has 114 valence electrons. The zero-order chi connectivity index (χ0) is 15.8. The molecule has 0 N–H and O–H groups in total. The summed E-state index contributed by atoms with van der Waals surface area (Å²) in [5.41, 5.74) is -0.218. The summed E-state index contributed by atoms with van der Waals surface area (Å²) >= 11 is 0. The van der Waals surface area contributed by atoms with Crippen LogP contribution in [0.3, 0.4) is 0 Å². The summed E-state index contributed by atoms with van der Waals surface area (Å²) in [6.45, 7) is 3.07. The molecule has 0 aliphatic heterocycles. The van der Waals surface area contributed by atoms with Crippen LogP contribution < -0.4 is 0 Å². The Morgan fingerprint density at radius 1 is 1.33 bits per heavy atom. The molecule has 0 bridgehead atoms. The van der Waals surface area contributed by atoms with Crippen molar-refractivity contribution in [1.29, 1.82) is 0 Å². The molecule has 1 atom stereocenters. The highest BCUT2D eigenvalue weighted by atomic mass is 16.6. The molecule has 1 aromatic heterocycles. The number of carbonyl (C=O) groups excluding carboxylic acids is 2. The van der Waals surface area contributed by atoms with Crippen LogP contribution in [0.15, 0.2) is 18.3 Å². The van der Waals surface area contributed by atoms with Crippen LogP contribution in [0.5, 0.6) is 0 Å². The Bertz CT molecular complexity index is 531. The van der Waals surface area contributed by atoms with E-state index in [2.05, 4.69) is 4.98 Å². The van der Waals surface area contributed by atoms with Gasteiger partial charge in [0.25, 0.3) is 5.69 Å². The van der Waals surface area contributed by atoms with Crippen LogP contribution >= 0.6 is 0 Å².